The van der Waals surface area contributed by atoms with Gasteiger partial charge >= 0.3 is 5.97 Å². The Morgan fingerprint density at radius 3 is 2.33 bits per heavy atom. The van der Waals surface area contributed by atoms with Crippen molar-refractivity contribution in [2.75, 3.05) is 10.5 Å². The van der Waals surface area contributed by atoms with Crippen LogP contribution in [0.1, 0.15) is 10.4 Å². The number of nitrogens with two attached hydrogens (primary N) is 1. The maximum Gasteiger partial charge on any atom is 0.337 e. The molecule has 0 saturated heterocycles. The fourth-order valence-corrected chi connectivity index (χ4v) is 3.28. The zero-order valence-corrected chi connectivity index (χ0v) is 13.6. The van der Waals surface area contributed by atoms with Gasteiger partial charge in [-0.05, 0) is 65.1 Å². The van der Waals surface area contributed by atoms with Crippen molar-refractivity contribution in [3.63, 3.8) is 0 Å². The second-order valence-corrected chi connectivity index (χ2v) is 7.07. The number of hydrogen-bond acceptors (Lipinski definition) is 4. The van der Waals surface area contributed by atoms with Gasteiger partial charge in [-0.1, -0.05) is 0 Å². The van der Waals surface area contributed by atoms with E-state index in [1.54, 1.807) is 24.3 Å². The highest BCUT2D eigenvalue weighted by Crippen LogP contribution is 2.22. The first kappa shape index (κ1) is 15.6. The van der Waals surface area contributed by atoms with Crippen LogP contribution in [-0.4, -0.2) is 19.5 Å². The van der Waals surface area contributed by atoms with Crippen LogP contribution in [0, 0.1) is 3.57 Å². The number of carboxylic acids is 1. The van der Waals surface area contributed by atoms with Gasteiger partial charge in [-0.25, -0.2) is 13.2 Å². The minimum absolute atomic E-state index is 0.181. The van der Waals surface area contributed by atoms with Crippen molar-refractivity contribution < 1.29 is 18.3 Å². The van der Waals surface area contributed by atoms with Gasteiger partial charge in [-0.15, -0.1) is 0 Å². The molecular formula is C13H11IN2O4S. The van der Waals surface area contributed by atoms with Gasteiger partial charge in [-0.3, -0.25) is 4.72 Å². The Balaban J connectivity index is 2.44. The summed E-state index contributed by atoms with van der Waals surface area (Å²) < 4.78 is 27.9. The maximum atomic E-state index is 12.3. The summed E-state index contributed by atoms with van der Waals surface area (Å²) in [6.45, 7) is 0. The van der Waals surface area contributed by atoms with Crippen LogP contribution in [0.2, 0.25) is 0 Å². The fourth-order valence-electron chi connectivity index (χ4n) is 1.68. The van der Waals surface area contributed by atoms with Gasteiger partial charge in [-0.2, -0.15) is 0 Å². The Morgan fingerprint density at radius 2 is 1.76 bits per heavy atom. The van der Waals surface area contributed by atoms with Crippen molar-refractivity contribution in [3.05, 3.63) is 51.6 Å². The molecule has 2 rings (SSSR count). The normalized spacial score (nSPS) is 11.1. The molecule has 0 spiro atoms. The second-order valence-electron chi connectivity index (χ2n) is 4.17. The number of benzene rings is 2. The van der Waals surface area contributed by atoms with E-state index in [0.717, 1.165) is 9.64 Å². The largest absolute Gasteiger partial charge is 0.478 e. The smallest absolute Gasteiger partial charge is 0.337 e. The number of rotatable bonds is 4. The Kier molecular flexibility index (Phi) is 4.37. The number of carboxylic acid groups (broad SMARTS) is 1. The van der Waals surface area contributed by atoms with E-state index in [1.807, 2.05) is 0 Å². The highest BCUT2D eigenvalue weighted by molar-refractivity contribution is 14.1. The van der Waals surface area contributed by atoms with E-state index in [9.17, 15) is 13.2 Å². The lowest BCUT2D eigenvalue weighted by molar-refractivity contribution is 0.0692. The topological polar surface area (TPSA) is 109 Å². The summed E-state index contributed by atoms with van der Waals surface area (Å²) in [6.07, 6.45) is 0. The lowest BCUT2D eigenvalue weighted by Crippen LogP contribution is -2.17. The molecule has 110 valence electrons. The number of anilines is 2. The van der Waals surface area contributed by atoms with Gasteiger partial charge in [0.05, 0.1) is 5.56 Å². The van der Waals surface area contributed by atoms with E-state index in [-0.39, 0.29) is 16.1 Å². The van der Waals surface area contributed by atoms with Crippen LogP contribution in [0.15, 0.2) is 47.4 Å². The van der Waals surface area contributed by atoms with E-state index < -0.39 is 16.0 Å². The van der Waals surface area contributed by atoms with E-state index >= 15 is 0 Å². The summed E-state index contributed by atoms with van der Waals surface area (Å²) in [6, 6.07) is 10.3. The average Bonchev–Trinajstić information content (AvgIpc) is 2.40. The van der Waals surface area contributed by atoms with Crippen molar-refractivity contribution in [1.29, 1.82) is 0 Å². The summed E-state index contributed by atoms with van der Waals surface area (Å²) in [5.74, 6) is -1.36. The van der Waals surface area contributed by atoms with Crippen LogP contribution >= 0.6 is 22.6 Å². The van der Waals surface area contributed by atoms with Gasteiger partial charge in [0.1, 0.15) is 4.90 Å². The fraction of sp³-hybridized carbons (Fsp3) is 0. The molecule has 8 heteroatoms. The molecule has 0 heterocycles. The summed E-state index contributed by atoms with van der Waals surface area (Å²) in [7, 11) is -4.01. The third-order valence-corrected chi connectivity index (χ3v) is 4.78. The Bertz CT molecular complexity index is 788. The molecule has 0 aromatic heterocycles. The lowest BCUT2D eigenvalue weighted by atomic mass is 10.2. The van der Waals surface area contributed by atoms with Crippen LogP contribution in [0.5, 0.6) is 0 Å². The predicted octanol–water partition coefficient (Wildman–Crippen LogP) is 2.37. The maximum absolute atomic E-state index is 12.3. The average molecular weight is 418 g/mol. The molecule has 0 amide bonds. The minimum Gasteiger partial charge on any atom is -0.478 e. The van der Waals surface area contributed by atoms with Crippen LogP contribution in [0.3, 0.4) is 0 Å². The van der Waals surface area contributed by atoms with Crippen LogP contribution in [0.25, 0.3) is 0 Å². The number of nitrogens with one attached hydrogen (secondary N) is 1. The summed E-state index contributed by atoms with van der Waals surface area (Å²) >= 11 is 2.09. The summed E-state index contributed by atoms with van der Waals surface area (Å²) in [5, 5.41) is 9.11. The number of hydrogen-bond donors (Lipinski definition) is 3. The van der Waals surface area contributed by atoms with E-state index in [1.165, 1.54) is 12.1 Å². The summed E-state index contributed by atoms with van der Waals surface area (Å²) in [5.41, 5.74) is 5.66. The third-order valence-electron chi connectivity index (χ3n) is 2.62. The zero-order chi connectivity index (χ0) is 15.6. The predicted molar refractivity (Wildman–Crippen MR) is 87.8 cm³/mol. The quantitative estimate of drug-likeness (QED) is 0.522. The first-order valence-corrected chi connectivity index (χ1v) is 8.27. The zero-order valence-electron chi connectivity index (χ0n) is 10.6. The Morgan fingerprint density at radius 1 is 1.14 bits per heavy atom. The molecule has 0 radical (unpaired) electrons. The second kappa shape index (κ2) is 5.90. The SMILES string of the molecule is Nc1ccc(S(=O)(=O)Nc2ccc(I)cc2)c(C(=O)O)c1. The molecular weight excluding hydrogens is 407 g/mol. The molecule has 21 heavy (non-hydrogen) atoms. The number of carbonyl (C=O) groups is 1. The Hall–Kier alpha value is -1.81. The van der Waals surface area contributed by atoms with Gasteiger partial charge in [0, 0.05) is 14.9 Å². The Labute approximate surface area is 135 Å². The number of halogens is 1. The van der Waals surface area contributed by atoms with Crippen molar-refractivity contribution in [1.82, 2.24) is 0 Å². The van der Waals surface area contributed by atoms with Crippen molar-refractivity contribution >= 4 is 50.0 Å². The molecule has 0 atom stereocenters. The van der Waals surface area contributed by atoms with Crippen LogP contribution in [-0.2, 0) is 10.0 Å². The number of nitrogen functional groups attached to an aromatic ring is 1. The molecule has 2 aromatic carbocycles. The molecule has 6 nitrogen and oxygen atoms in total. The number of aromatic carboxylic acids is 1. The molecule has 0 fully saturated rings. The standard InChI is InChI=1S/C13H11IN2O4S/c14-8-1-4-10(5-2-8)16-21(19,20)12-6-3-9(15)7-11(12)13(17)18/h1-7,16H,15H2,(H,17,18). The molecule has 0 bridgehead atoms. The van der Waals surface area contributed by atoms with Gasteiger partial charge in [0.2, 0.25) is 0 Å². The summed E-state index contributed by atoms with van der Waals surface area (Å²) in [4.78, 5) is 10.8. The van der Waals surface area contributed by atoms with Gasteiger partial charge in [0.15, 0.2) is 0 Å². The number of sulfonamides is 1. The van der Waals surface area contributed by atoms with E-state index in [0.29, 0.717) is 5.69 Å². The van der Waals surface area contributed by atoms with E-state index in [2.05, 4.69) is 27.3 Å². The van der Waals surface area contributed by atoms with Crippen LogP contribution < -0.4 is 10.5 Å². The third kappa shape index (κ3) is 3.64. The minimum atomic E-state index is -4.01. The molecule has 0 aliphatic heterocycles. The van der Waals surface area contributed by atoms with Gasteiger partial charge < -0.3 is 10.8 Å². The van der Waals surface area contributed by atoms with E-state index in [4.69, 9.17) is 10.8 Å². The van der Waals surface area contributed by atoms with Gasteiger partial charge in [0.25, 0.3) is 10.0 Å². The van der Waals surface area contributed by atoms with Crippen LogP contribution in [0.4, 0.5) is 11.4 Å². The highest BCUT2D eigenvalue weighted by Gasteiger charge is 2.22. The molecule has 0 unspecified atom stereocenters. The first-order chi connectivity index (χ1) is 9.79. The molecule has 4 N–H and O–H groups in total. The molecule has 0 saturated carbocycles. The highest BCUT2D eigenvalue weighted by atomic mass is 127. The first-order valence-electron chi connectivity index (χ1n) is 5.71. The molecule has 0 aliphatic rings. The lowest BCUT2D eigenvalue weighted by Gasteiger charge is -2.11. The van der Waals surface area contributed by atoms with Crippen molar-refractivity contribution in [2.24, 2.45) is 0 Å². The molecule has 2 aromatic rings. The van der Waals surface area contributed by atoms with Crippen molar-refractivity contribution in [2.45, 2.75) is 4.90 Å². The van der Waals surface area contributed by atoms with Crippen molar-refractivity contribution in [3.8, 4) is 0 Å². The monoisotopic (exact) mass is 418 g/mol. The molecule has 0 aliphatic carbocycles.